The lowest BCUT2D eigenvalue weighted by atomic mass is 10.1. The molecule has 0 fully saturated rings. The molecule has 0 bridgehead atoms. The predicted octanol–water partition coefficient (Wildman–Crippen LogP) is 13.6. The molecular formula is C36H54F3S3. The van der Waals surface area contributed by atoms with E-state index in [-0.39, 0.29) is 14.1 Å². The van der Waals surface area contributed by atoms with Gasteiger partial charge in [-0.2, -0.15) is 0 Å². The molecule has 0 heterocycles. The Kier molecular flexibility index (Phi) is 32.4. The maximum Gasteiger partial charge on any atom is 0.0377 e. The summed E-state index contributed by atoms with van der Waals surface area (Å²) in [6.07, 6.45) is 19.6. The van der Waals surface area contributed by atoms with E-state index in [0.29, 0.717) is 0 Å². The second-order valence-corrected chi connectivity index (χ2v) is 11.8. The molecule has 0 N–H and O–H groups in total. The van der Waals surface area contributed by atoms with Gasteiger partial charge >= 0.3 is 0 Å². The van der Waals surface area contributed by atoms with Crippen LogP contribution >= 0.6 is 37.9 Å². The van der Waals surface area contributed by atoms with Crippen molar-refractivity contribution in [2.75, 3.05) is 0 Å². The van der Waals surface area contributed by atoms with Crippen molar-refractivity contribution in [3.05, 3.63) is 89.5 Å². The highest BCUT2D eigenvalue weighted by atomic mass is 32.1. The molecule has 3 radical (unpaired) electrons. The molecule has 6 heteroatoms. The number of unbranched alkanes of at least 4 members (excludes halogenated alkanes) is 9. The summed E-state index contributed by atoms with van der Waals surface area (Å²) in [4.78, 5) is 2.83. The van der Waals surface area contributed by atoms with Crippen molar-refractivity contribution in [2.24, 2.45) is 0 Å². The number of hydrogen-bond acceptors (Lipinski definition) is 0. The predicted molar refractivity (Wildman–Crippen MR) is 188 cm³/mol. The van der Waals surface area contributed by atoms with Crippen molar-refractivity contribution < 1.29 is 14.1 Å². The molecule has 0 spiro atoms. The molecule has 0 amide bonds. The third-order valence-electron chi connectivity index (χ3n) is 6.73. The Morgan fingerprint density at radius 1 is 0.333 bits per heavy atom. The summed E-state index contributed by atoms with van der Waals surface area (Å²) < 4.78 is 0. The first-order valence-corrected chi connectivity index (χ1v) is 16.5. The normalized spacial score (nSPS) is 9.50. The van der Waals surface area contributed by atoms with Crippen molar-refractivity contribution >= 4 is 37.9 Å². The van der Waals surface area contributed by atoms with Crippen LogP contribution in [0, 0.1) is 0 Å². The Bertz CT molecular complexity index is 819. The van der Waals surface area contributed by atoms with Crippen LogP contribution in [0.5, 0.6) is 0 Å². The minimum Gasteiger partial charge on any atom is -0.269 e. The molecule has 0 unspecified atom stereocenters. The Balaban J connectivity index is -0.000000524. The highest BCUT2D eigenvalue weighted by Gasteiger charge is 1.95. The number of hydrogen-bond donors (Lipinski definition) is 0. The van der Waals surface area contributed by atoms with E-state index < -0.39 is 0 Å². The Labute approximate surface area is 272 Å². The first kappa shape index (κ1) is 44.5. The molecule has 0 saturated carbocycles. The maximum absolute atomic E-state index is 5.03. The SMILES string of the molecule is CCCCCCc1ccc([S])cc1.CCCCCCc1ccc([S])cc1.CCCCCCc1ccc([S])cc1.F.F.F. The maximum atomic E-state index is 5.03. The average molecular weight is 640 g/mol. The third-order valence-corrected chi connectivity index (χ3v) is 7.54. The van der Waals surface area contributed by atoms with E-state index in [4.69, 9.17) is 37.9 Å². The van der Waals surface area contributed by atoms with Crippen LogP contribution in [0.4, 0.5) is 14.1 Å². The van der Waals surface area contributed by atoms with Gasteiger partial charge in [0.2, 0.25) is 0 Å². The van der Waals surface area contributed by atoms with Crippen LogP contribution < -0.4 is 0 Å². The van der Waals surface area contributed by atoms with Gasteiger partial charge in [-0.15, -0.1) is 0 Å². The lowest BCUT2D eigenvalue weighted by Crippen LogP contribution is -1.84. The fourth-order valence-corrected chi connectivity index (χ4v) is 4.64. The number of aryl methyl sites for hydroxylation is 3. The molecule has 0 aromatic heterocycles. The smallest absolute Gasteiger partial charge is 0.0377 e. The van der Waals surface area contributed by atoms with Gasteiger partial charge < -0.3 is 0 Å². The second kappa shape index (κ2) is 30.6. The molecule has 0 aliphatic rings. The van der Waals surface area contributed by atoms with Gasteiger partial charge in [0.15, 0.2) is 0 Å². The molecule has 3 aromatic carbocycles. The lowest BCUT2D eigenvalue weighted by Gasteiger charge is -2.00. The van der Waals surface area contributed by atoms with E-state index in [1.54, 1.807) is 0 Å². The average Bonchev–Trinajstić information content (AvgIpc) is 2.95. The minimum absolute atomic E-state index is 0. The van der Waals surface area contributed by atoms with Crippen LogP contribution in [0.15, 0.2) is 87.5 Å². The van der Waals surface area contributed by atoms with Gasteiger partial charge in [0.1, 0.15) is 0 Å². The van der Waals surface area contributed by atoms with E-state index in [1.165, 1.54) is 113 Å². The summed E-state index contributed by atoms with van der Waals surface area (Å²) in [7, 11) is 0. The molecule has 0 aliphatic carbocycles. The van der Waals surface area contributed by atoms with Gasteiger partial charge in [0.05, 0.1) is 0 Å². The highest BCUT2D eigenvalue weighted by Crippen LogP contribution is 2.13. The lowest BCUT2D eigenvalue weighted by molar-refractivity contribution is 0.667. The summed E-state index contributed by atoms with van der Waals surface area (Å²) in [6.45, 7) is 6.73. The van der Waals surface area contributed by atoms with Crippen molar-refractivity contribution in [2.45, 2.75) is 132 Å². The zero-order valence-electron chi connectivity index (χ0n) is 26.0. The number of rotatable bonds is 15. The summed E-state index contributed by atoms with van der Waals surface area (Å²) in [5.74, 6) is 0. The van der Waals surface area contributed by atoms with Gasteiger partial charge in [0, 0.05) is 14.7 Å². The van der Waals surface area contributed by atoms with E-state index in [9.17, 15) is 0 Å². The largest absolute Gasteiger partial charge is 0.269 e. The Morgan fingerprint density at radius 3 is 0.738 bits per heavy atom. The van der Waals surface area contributed by atoms with E-state index >= 15 is 0 Å². The van der Waals surface area contributed by atoms with Crippen molar-refractivity contribution in [1.82, 2.24) is 0 Å². The van der Waals surface area contributed by atoms with Gasteiger partial charge in [-0.25, -0.2) is 0 Å². The fourth-order valence-electron chi connectivity index (χ4n) is 4.24. The summed E-state index contributed by atoms with van der Waals surface area (Å²) in [6, 6.07) is 25.0. The van der Waals surface area contributed by atoms with Crippen LogP contribution in [0.3, 0.4) is 0 Å². The van der Waals surface area contributed by atoms with E-state index in [0.717, 1.165) is 14.7 Å². The van der Waals surface area contributed by atoms with Gasteiger partial charge in [-0.1, -0.05) is 153 Å². The summed E-state index contributed by atoms with van der Waals surface area (Å²) >= 11 is 15.1. The first-order valence-electron chi connectivity index (χ1n) is 15.3. The summed E-state index contributed by atoms with van der Waals surface area (Å²) in [5.41, 5.74) is 4.26. The van der Waals surface area contributed by atoms with E-state index in [1.807, 2.05) is 36.4 Å². The molecule has 0 saturated heterocycles. The Morgan fingerprint density at radius 2 is 0.548 bits per heavy atom. The van der Waals surface area contributed by atoms with Crippen LogP contribution in [0.1, 0.15) is 115 Å². The molecule has 3 aromatic rings. The van der Waals surface area contributed by atoms with Crippen molar-refractivity contribution in [3.63, 3.8) is 0 Å². The molecule has 42 heavy (non-hydrogen) atoms. The molecule has 3 rings (SSSR count). The number of halogens is 3. The highest BCUT2D eigenvalue weighted by molar-refractivity contribution is 7.80. The van der Waals surface area contributed by atoms with Gasteiger partial charge in [0.25, 0.3) is 0 Å². The van der Waals surface area contributed by atoms with Crippen LogP contribution in [0.2, 0.25) is 0 Å². The zero-order chi connectivity index (χ0) is 28.6. The molecular weight excluding hydrogens is 586 g/mol. The minimum atomic E-state index is 0. The standard InChI is InChI=1S/3C12H17S.3FH/c3*1-2-3-4-5-6-11-7-9-12(13)10-8-11;;;/h3*7-10H,2-6H2,1H3;3*1H. The summed E-state index contributed by atoms with van der Waals surface area (Å²) in [5, 5.41) is 0. The topological polar surface area (TPSA) is 0 Å². The molecule has 0 aliphatic heterocycles. The third kappa shape index (κ3) is 24.7. The van der Waals surface area contributed by atoms with Crippen molar-refractivity contribution in [1.29, 1.82) is 0 Å². The van der Waals surface area contributed by atoms with Gasteiger partial charge in [-0.05, 0) is 91.6 Å². The molecule has 0 nitrogen and oxygen atoms in total. The van der Waals surface area contributed by atoms with Crippen LogP contribution in [-0.4, -0.2) is 0 Å². The monoisotopic (exact) mass is 639 g/mol. The van der Waals surface area contributed by atoms with E-state index in [2.05, 4.69) is 57.2 Å². The quantitative estimate of drug-likeness (QED) is 0.145. The van der Waals surface area contributed by atoms with Crippen LogP contribution in [-0.2, 0) is 19.3 Å². The Hall–Kier alpha value is -1.89. The van der Waals surface area contributed by atoms with Crippen LogP contribution in [0.25, 0.3) is 0 Å². The zero-order valence-corrected chi connectivity index (χ0v) is 28.4. The second-order valence-electron chi connectivity index (χ2n) is 10.4. The van der Waals surface area contributed by atoms with Crippen molar-refractivity contribution in [3.8, 4) is 0 Å². The molecule has 237 valence electrons. The number of benzene rings is 3. The fraction of sp³-hybridized carbons (Fsp3) is 0.500. The first-order chi connectivity index (χ1) is 19.0. The molecule has 0 atom stereocenters. The van der Waals surface area contributed by atoms with Gasteiger partial charge in [-0.3, -0.25) is 14.1 Å².